The predicted molar refractivity (Wildman–Crippen MR) is 112 cm³/mol. The first kappa shape index (κ1) is 19.7. The summed E-state index contributed by atoms with van der Waals surface area (Å²) in [6, 6.07) is 14.6. The second-order valence-corrected chi connectivity index (χ2v) is 8.01. The third-order valence-corrected chi connectivity index (χ3v) is 5.51. The Hall–Kier alpha value is -2.57. The lowest BCUT2D eigenvalue weighted by Gasteiger charge is -2.35. The number of rotatable bonds is 6. The van der Waals surface area contributed by atoms with Gasteiger partial charge < -0.3 is 14.4 Å². The molecule has 2 aromatic carbocycles. The van der Waals surface area contributed by atoms with Crippen LogP contribution in [0.2, 0.25) is 0 Å². The number of hydrogen-bond donors (Lipinski definition) is 0. The lowest BCUT2D eigenvalue weighted by atomic mass is 10.1. The zero-order chi connectivity index (χ0) is 20.2. The van der Waals surface area contributed by atoms with Gasteiger partial charge in [0.25, 0.3) is 0 Å². The predicted octanol–water partition coefficient (Wildman–Crippen LogP) is 2.50. The molecule has 6 heteroatoms. The number of aryl methyl sites for hydroxylation is 1. The number of carbonyl (C=O) groups is 1. The van der Waals surface area contributed by atoms with Crippen LogP contribution in [0, 0.1) is 6.92 Å². The number of benzene rings is 2. The summed E-state index contributed by atoms with van der Waals surface area (Å²) >= 11 is 0. The van der Waals surface area contributed by atoms with Gasteiger partial charge in [0.05, 0.1) is 6.54 Å². The zero-order valence-electron chi connectivity index (χ0n) is 17.3. The van der Waals surface area contributed by atoms with Crippen molar-refractivity contribution >= 4 is 5.91 Å². The third kappa shape index (κ3) is 5.08. The molecule has 0 saturated carbocycles. The molecule has 6 nitrogen and oxygen atoms in total. The summed E-state index contributed by atoms with van der Waals surface area (Å²) in [7, 11) is 1.98. The Balaban J connectivity index is 1.23. The van der Waals surface area contributed by atoms with Gasteiger partial charge in [-0.05, 0) is 37.2 Å². The number of nitrogens with zero attached hydrogens (tertiary/aromatic N) is 3. The fourth-order valence-corrected chi connectivity index (χ4v) is 3.96. The minimum atomic E-state index is 0.198. The van der Waals surface area contributed by atoms with Gasteiger partial charge >= 0.3 is 0 Å². The molecule has 1 fully saturated rings. The van der Waals surface area contributed by atoms with Crippen molar-refractivity contribution in [2.75, 3.05) is 46.6 Å². The molecule has 2 aliphatic rings. The molecule has 2 heterocycles. The van der Waals surface area contributed by atoms with Gasteiger partial charge in [-0.25, -0.2) is 0 Å². The highest BCUT2D eigenvalue weighted by Crippen LogP contribution is 2.32. The van der Waals surface area contributed by atoms with Crippen molar-refractivity contribution in [2.45, 2.75) is 20.0 Å². The minimum absolute atomic E-state index is 0.198. The molecule has 154 valence electrons. The number of likely N-dealkylation sites (N-methyl/N-ethyl adjacent to an activating group) is 1. The summed E-state index contributed by atoms with van der Waals surface area (Å²) in [4.78, 5) is 19.2. The SMILES string of the molecule is Cc1cccc(CN2CCN(C(=O)CN(C)Cc3ccc4c(c3)OCO4)CC2)c1. The number of hydrogen-bond acceptors (Lipinski definition) is 5. The van der Waals surface area contributed by atoms with Crippen LogP contribution in [-0.2, 0) is 17.9 Å². The van der Waals surface area contributed by atoms with E-state index in [9.17, 15) is 4.79 Å². The van der Waals surface area contributed by atoms with Gasteiger partial charge in [0.1, 0.15) is 0 Å². The molecule has 1 saturated heterocycles. The quantitative estimate of drug-likeness (QED) is 0.752. The van der Waals surface area contributed by atoms with Gasteiger partial charge in [0.2, 0.25) is 12.7 Å². The van der Waals surface area contributed by atoms with Gasteiger partial charge in [-0.15, -0.1) is 0 Å². The van der Waals surface area contributed by atoms with E-state index in [0.29, 0.717) is 13.1 Å². The van der Waals surface area contributed by atoms with E-state index in [4.69, 9.17) is 9.47 Å². The maximum Gasteiger partial charge on any atom is 0.236 e. The monoisotopic (exact) mass is 395 g/mol. The molecule has 4 rings (SSSR count). The summed E-state index contributed by atoms with van der Waals surface area (Å²) in [5.74, 6) is 1.77. The van der Waals surface area contributed by atoms with Crippen LogP contribution in [0.25, 0.3) is 0 Å². The lowest BCUT2D eigenvalue weighted by Crippen LogP contribution is -2.50. The fourth-order valence-electron chi connectivity index (χ4n) is 3.96. The van der Waals surface area contributed by atoms with Gasteiger partial charge in [-0.1, -0.05) is 35.9 Å². The molecule has 29 heavy (non-hydrogen) atoms. The topological polar surface area (TPSA) is 45.2 Å². The highest BCUT2D eigenvalue weighted by atomic mass is 16.7. The Bertz CT molecular complexity index is 862. The van der Waals surface area contributed by atoms with Crippen LogP contribution >= 0.6 is 0 Å². The molecule has 0 atom stereocenters. The van der Waals surface area contributed by atoms with Crippen molar-refractivity contribution in [1.82, 2.24) is 14.7 Å². The summed E-state index contributed by atoms with van der Waals surface area (Å²) in [6.07, 6.45) is 0. The number of fused-ring (bicyclic) bond motifs is 1. The van der Waals surface area contributed by atoms with Crippen LogP contribution in [-0.4, -0.2) is 67.2 Å². The normalized spacial score (nSPS) is 16.4. The van der Waals surface area contributed by atoms with Crippen LogP contribution in [0.3, 0.4) is 0 Å². The molecule has 0 aromatic heterocycles. The Morgan fingerprint density at radius 3 is 2.59 bits per heavy atom. The zero-order valence-corrected chi connectivity index (χ0v) is 17.3. The Kier molecular flexibility index (Phi) is 6.02. The van der Waals surface area contributed by atoms with E-state index >= 15 is 0 Å². The molecule has 1 amide bonds. The minimum Gasteiger partial charge on any atom is -0.454 e. The first-order valence-corrected chi connectivity index (χ1v) is 10.2. The number of amides is 1. The Labute approximate surface area is 172 Å². The van der Waals surface area contributed by atoms with E-state index in [-0.39, 0.29) is 12.7 Å². The van der Waals surface area contributed by atoms with Gasteiger partial charge in [-0.3, -0.25) is 14.6 Å². The van der Waals surface area contributed by atoms with E-state index in [0.717, 1.165) is 49.8 Å². The molecule has 2 aromatic rings. The molecule has 0 aliphatic carbocycles. The first-order chi connectivity index (χ1) is 14.1. The van der Waals surface area contributed by atoms with Crippen LogP contribution in [0.1, 0.15) is 16.7 Å². The molecular weight excluding hydrogens is 366 g/mol. The van der Waals surface area contributed by atoms with Crippen molar-refractivity contribution in [3.8, 4) is 11.5 Å². The van der Waals surface area contributed by atoms with E-state index in [1.54, 1.807) is 0 Å². The first-order valence-electron chi connectivity index (χ1n) is 10.2. The number of carbonyl (C=O) groups excluding carboxylic acids is 1. The fraction of sp³-hybridized carbons (Fsp3) is 0.435. The van der Waals surface area contributed by atoms with Crippen LogP contribution in [0.5, 0.6) is 11.5 Å². The Morgan fingerprint density at radius 2 is 1.79 bits per heavy atom. The van der Waals surface area contributed by atoms with E-state index in [1.807, 2.05) is 30.1 Å². The molecule has 2 aliphatic heterocycles. The van der Waals surface area contributed by atoms with Gasteiger partial charge in [0, 0.05) is 39.3 Å². The highest BCUT2D eigenvalue weighted by molar-refractivity contribution is 5.78. The molecule has 0 unspecified atom stereocenters. The second-order valence-electron chi connectivity index (χ2n) is 8.01. The van der Waals surface area contributed by atoms with Crippen molar-refractivity contribution in [1.29, 1.82) is 0 Å². The maximum atomic E-state index is 12.7. The second kappa shape index (κ2) is 8.84. The van der Waals surface area contributed by atoms with E-state index < -0.39 is 0 Å². The molecule has 0 bridgehead atoms. The van der Waals surface area contributed by atoms with E-state index in [2.05, 4.69) is 41.0 Å². The largest absolute Gasteiger partial charge is 0.454 e. The molecule has 0 radical (unpaired) electrons. The number of ether oxygens (including phenoxy) is 2. The van der Waals surface area contributed by atoms with Gasteiger partial charge in [0.15, 0.2) is 11.5 Å². The summed E-state index contributed by atoms with van der Waals surface area (Å²) in [5, 5.41) is 0. The molecule has 0 spiro atoms. The van der Waals surface area contributed by atoms with Crippen molar-refractivity contribution in [3.05, 3.63) is 59.2 Å². The van der Waals surface area contributed by atoms with Crippen LogP contribution in [0.15, 0.2) is 42.5 Å². The smallest absolute Gasteiger partial charge is 0.236 e. The van der Waals surface area contributed by atoms with Crippen LogP contribution < -0.4 is 9.47 Å². The van der Waals surface area contributed by atoms with Crippen LogP contribution in [0.4, 0.5) is 0 Å². The lowest BCUT2D eigenvalue weighted by molar-refractivity contribution is -0.134. The van der Waals surface area contributed by atoms with Crippen molar-refractivity contribution in [3.63, 3.8) is 0 Å². The average molecular weight is 396 g/mol. The number of piperazine rings is 1. The van der Waals surface area contributed by atoms with Crippen molar-refractivity contribution < 1.29 is 14.3 Å². The third-order valence-electron chi connectivity index (χ3n) is 5.51. The summed E-state index contributed by atoms with van der Waals surface area (Å²) in [5.41, 5.74) is 3.75. The standard InChI is InChI=1S/C23H29N3O3/c1-18-4-3-5-19(12-18)15-25-8-10-26(11-9-25)23(27)16-24(2)14-20-6-7-21-22(13-20)29-17-28-21/h3-7,12-13H,8-11,14-17H2,1-2H3. The average Bonchev–Trinajstić information content (AvgIpc) is 3.16. The summed E-state index contributed by atoms with van der Waals surface area (Å²) in [6.45, 7) is 7.92. The van der Waals surface area contributed by atoms with E-state index in [1.165, 1.54) is 11.1 Å². The molecular formula is C23H29N3O3. The highest BCUT2D eigenvalue weighted by Gasteiger charge is 2.22. The molecule has 0 N–H and O–H groups in total. The van der Waals surface area contributed by atoms with Gasteiger partial charge in [-0.2, -0.15) is 0 Å². The Morgan fingerprint density at radius 1 is 1.00 bits per heavy atom. The van der Waals surface area contributed by atoms with Crippen molar-refractivity contribution in [2.24, 2.45) is 0 Å². The maximum absolute atomic E-state index is 12.7. The summed E-state index contributed by atoms with van der Waals surface area (Å²) < 4.78 is 10.8.